The number of hydrogen-bond acceptors (Lipinski definition) is 4. The van der Waals surface area contributed by atoms with Gasteiger partial charge in [-0.2, -0.15) is 0 Å². The maximum Gasteiger partial charge on any atom is 0.310 e. The first-order chi connectivity index (χ1) is 7.42. The van der Waals surface area contributed by atoms with E-state index in [0.29, 0.717) is 0 Å². The van der Waals surface area contributed by atoms with Gasteiger partial charge in [0.2, 0.25) is 0 Å². The molecule has 1 aliphatic heterocycles. The van der Waals surface area contributed by atoms with Gasteiger partial charge < -0.3 is 14.4 Å². The van der Waals surface area contributed by atoms with Gasteiger partial charge in [-0.15, -0.1) is 0 Å². The summed E-state index contributed by atoms with van der Waals surface area (Å²) < 4.78 is 10.4. The van der Waals surface area contributed by atoms with E-state index >= 15 is 0 Å². The largest absolute Gasteiger partial charge is 0.469 e. The van der Waals surface area contributed by atoms with Crippen LogP contribution >= 0.6 is 0 Å². The fraction of sp³-hybridized carbons (Fsp3) is 0.917. The van der Waals surface area contributed by atoms with Crippen molar-refractivity contribution in [3.05, 3.63) is 0 Å². The van der Waals surface area contributed by atoms with Gasteiger partial charge in [0.25, 0.3) is 0 Å². The third-order valence-corrected chi connectivity index (χ3v) is 2.75. The first kappa shape index (κ1) is 13.5. The van der Waals surface area contributed by atoms with Crippen LogP contribution in [0.1, 0.15) is 27.2 Å². The monoisotopic (exact) mass is 229 g/mol. The standard InChI is InChI=1S/C12H23NO3/c1-12(2,3)16-8-7-13-6-5-10(9-13)11(14)15-4/h10H,5-9H2,1-4H3. The van der Waals surface area contributed by atoms with Gasteiger partial charge in [0.05, 0.1) is 25.2 Å². The number of carbonyl (C=O) groups is 1. The highest BCUT2D eigenvalue weighted by Crippen LogP contribution is 2.17. The van der Waals surface area contributed by atoms with Crippen LogP contribution < -0.4 is 0 Å². The minimum atomic E-state index is -0.0840. The molecule has 0 amide bonds. The Morgan fingerprint density at radius 3 is 2.69 bits per heavy atom. The molecule has 4 heteroatoms. The van der Waals surface area contributed by atoms with Gasteiger partial charge >= 0.3 is 5.97 Å². The molecule has 0 radical (unpaired) electrons. The number of likely N-dealkylation sites (tertiary alicyclic amines) is 1. The number of hydrogen-bond donors (Lipinski definition) is 0. The second-order valence-corrected chi connectivity index (χ2v) is 5.27. The summed E-state index contributed by atoms with van der Waals surface area (Å²) in [6, 6.07) is 0. The molecule has 1 atom stereocenters. The van der Waals surface area contributed by atoms with Crippen LogP contribution in [0.25, 0.3) is 0 Å². The van der Waals surface area contributed by atoms with Gasteiger partial charge in [0, 0.05) is 13.1 Å². The van der Waals surface area contributed by atoms with Crippen LogP contribution in [0, 0.1) is 5.92 Å². The van der Waals surface area contributed by atoms with Gasteiger partial charge in [-0.1, -0.05) is 0 Å². The van der Waals surface area contributed by atoms with Gasteiger partial charge in [-0.05, 0) is 33.7 Å². The SMILES string of the molecule is COC(=O)C1CCN(CCOC(C)(C)C)C1. The normalized spacial score (nSPS) is 22.4. The summed E-state index contributed by atoms with van der Waals surface area (Å²) in [7, 11) is 1.45. The van der Waals surface area contributed by atoms with Crippen LogP contribution in [-0.4, -0.2) is 49.8 Å². The maximum atomic E-state index is 11.3. The Morgan fingerprint density at radius 1 is 1.44 bits per heavy atom. The first-order valence-electron chi connectivity index (χ1n) is 5.86. The summed E-state index contributed by atoms with van der Waals surface area (Å²) in [5, 5.41) is 0. The van der Waals surface area contributed by atoms with E-state index in [2.05, 4.69) is 4.90 Å². The van der Waals surface area contributed by atoms with Crippen LogP contribution in [0.2, 0.25) is 0 Å². The van der Waals surface area contributed by atoms with E-state index < -0.39 is 0 Å². The lowest BCUT2D eigenvalue weighted by Gasteiger charge is -2.22. The second kappa shape index (κ2) is 5.64. The Bertz CT molecular complexity index is 235. The highest BCUT2D eigenvalue weighted by Gasteiger charge is 2.28. The number of esters is 1. The number of carbonyl (C=O) groups excluding carboxylic acids is 1. The quantitative estimate of drug-likeness (QED) is 0.681. The third kappa shape index (κ3) is 4.49. The van der Waals surface area contributed by atoms with E-state index in [1.165, 1.54) is 7.11 Å². The van der Waals surface area contributed by atoms with E-state index in [1.807, 2.05) is 20.8 Å². The molecule has 0 bridgehead atoms. The van der Waals surface area contributed by atoms with Crippen molar-refractivity contribution in [2.45, 2.75) is 32.8 Å². The molecular weight excluding hydrogens is 206 g/mol. The average molecular weight is 229 g/mol. The molecule has 0 N–H and O–H groups in total. The zero-order valence-corrected chi connectivity index (χ0v) is 10.8. The van der Waals surface area contributed by atoms with Crippen molar-refractivity contribution in [3.63, 3.8) is 0 Å². The Balaban J connectivity index is 2.19. The molecule has 1 unspecified atom stereocenters. The molecule has 1 fully saturated rings. The minimum absolute atomic E-state index is 0.0552. The number of rotatable bonds is 4. The summed E-state index contributed by atoms with van der Waals surface area (Å²) in [5.41, 5.74) is -0.0819. The van der Waals surface area contributed by atoms with Crippen LogP contribution in [0.4, 0.5) is 0 Å². The fourth-order valence-electron chi connectivity index (χ4n) is 1.88. The predicted octanol–water partition coefficient (Wildman–Crippen LogP) is 1.30. The highest BCUT2D eigenvalue weighted by molar-refractivity contribution is 5.72. The minimum Gasteiger partial charge on any atom is -0.469 e. The number of nitrogens with zero attached hydrogens (tertiary/aromatic N) is 1. The summed E-state index contributed by atoms with van der Waals surface area (Å²) in [6.07, 6.45) is 0.905. The predicted molar refractivity (Wildman–Crippen MR) is 62.3 cm³/mol. The zero-order valence-electron chi connectivity index (χ0n) is 10.8. The molecule has 4 nitrogen and oxygen atoms in total. The molecule has 1 saturated heterocycles. The summed E-state index contributed by atoms with van der Waals surface area (Å²) >= 11 is 0. The van der Waals surface area contributed by atoms with E-state index in [-0.39, 0.29) is 17.5 Å². The van der Waals surface area contributed by atoms with Crippen LogP contribution in [0.3, 0.4) is 0 Å². The fourth-order valence-corrected chi connectivity index (χ4v) is 1.88. The smallest absolute Gasteiger partial charge is 0.310 e. The van der Waals surface area contributed by atoms with Crippen molar-refractivity contribution >= 4 is 5.97 Å². The van der Waals surface area contributed by atoms with Gasteiger partial charge in [0.15, 0.2) is 0 Å². The maximum absolute atomic E-state index is 11.3. The van der Waals surface area contributed by atoms with Crippen molar-refractivity contribution in [3.8, 4) is 0 Å². The molecule has 0 spiro atoms. The van der Waals surface area contributed by atoms with Gasteiger partial charge in [-0.25, -0.2) is 0 Å². The molecule has 1 heterocycles. The molecule has 0 aromatic carbocycles. The van der Waals surface area contributed by atoms with E-state index in [4.69, 9.17) is 9.47 Å². The Kier molecular flexibility index (Phi) is 4.74. The van der Waals surface area contributed by atoms with Crippen LogP contribution in [0.15, 0.2) is 0 Å². The molecular formula is C12H23NO3. The Labute approximate surface area is 97.9 Å². The average Bonchev–Trinajstić information content (AvgIpc) is 2.63. The number of methoxy groups -OCH3 is 1. The topological polar surface area (TPSA) is 38.8 Å². The highest BCUT2D eigenvalue weighted by atomic mass is 16.5. The van der Waals surface area contributed by atoms with E-state index in [1.54, 1.807) is 0 Å². The van der Waals surface area contributed by atoms with E-state index in [0.717, 1.165) is 32.7 Å². The van der Waals surface area contributed by atoms with Crippen molar-refractivity contribution in [2.75, 3.05) is 33.4 Å². The van der Waals surface area contributed by atoms with Crippen molar-refractivity contribution in [1.82, 2.24) is 4.90 Å². The summed E-state index contributed by atoms with van der Waals surface area (Å²) in [6.45, 7) is 9.53. The molecule has 94 valence electrons. The lowest BCUT2D eigenvalue weighted by Crippen LogP contribution is -2.30. The summed E-state index contributed by atoms with van der Waals surface area (Å²) in [5.74, 6) is -0.0288. The molecule has 0 aromatic heterocycles. The van der Waals surface area contributed by atoms with Crippen LogP contribution in [-0.2, 0) is 14.3 Å². The molecule has 0 saturated carbocycles. The zero-order chi connectivity index (χ0) is 12.2. The first-order valence-corrected chi connectivity index (χ1v) is 5.86. The Hall–Kier alpha value is -0.610. The molecule has 0 aliphatic carbocycles. The van der Waals surface area contributed by atoms with E-state index in [9.17, 15) is 4.79 Å². The third-order valence-electron chi connectivity index (χ3n) is 2.75. The number of ether oxygens (including phenoxy) is 2. The lowest BCUT2D eigenvalue weighted by molar-refractivity contribution is -0.145. The van der Waals surface area contributed by atoms with Crippen LogP contribution in [0.5, 0.6) is 0 Å². The van der Waals surface area contributed by atoms with Crippen molar-refractivity contribution in [1.29, 1.82) is 0 Å². The molecule has 1 rings (SSSR count). The molecule has 0 aromatic rings. The summed E-state index contributed by atoms with van der Waals surface area (Å²) in [4.78, 5) is 13.6. The second-order valence-electron chi connectivity index (χ2n) is 5.27. The van der Waals surface area contributed by atoms with Crippen molar-refractivity contribution in [2.24, 2.45) is 5.92 Å². The van der Waals surface area contributed by atoms with Gasteiger partial charge in [0.1, 0.15) is 0 Å². The molecule has 1 aliphatic rings. The van der Waals surface area contributed by atoms with Gasteiger partial charge in [-0.3, -0.25) is 4.79 Å². The molecule has 16 heavy (non-hydrogen) atoms. The lowest BCUT2D eigenvalue weighted by atomic mass is 10.1. The Morgan fingerprint density at radius 2 is 2.12 bits per heavy atom. The van der Waals surface area contributed by atoms with Crippen molar-refractivity contribution < 1.29 is 14.3 Å².